The lowest BCUT2D eigenvalue weighted by atomic mass is 9.97. The first-order valence-electron chi connectivity index (χ1n) is 9.30. The molecule has 10 heteroatoms. The van der Waals surface area contributed by atoms with Gasteiger partial charge >= 0.3 is 6.18 Å². The highest BCUT2D eigenvalue weighted by Crippen LogP contribution is 2.43. The third-order valence-electron chi connectivity index (χ3n) is 5.23. The summed E-state index contributed by atoms with van der Waals surface area (Å²) < 4.78 is 47.4. The Balaban J connectivity index is 1.64. The first-order valence-corrected chi connectivity index (χ1v) is 10.5. The van der Waals surface area contributed by atoms with Crippen molar-refractivity contribution in [2.24, 2.45) is 0 Å². The fourth-order valence-corrected chi connectivity index (χ4v) is 4.56. The molecular weight excluding hydrogens is 405 g/mol. The summed E-state index contributed by atoms with van der Waals surface area (Å²) in [7, 11) is 1.53. The first-order chi connectivity index (χ1) is 13.9. The number of benzene rings is 1. The molecule has 0 saturated carbocycles. The van der Waals surface area contributed by atoms with Crippen LogP contribution in [-0.2, 0) is 0 Å². The lowest BCUT2D eigenvalue weighted by molar-refractivity contribution is -0.173. The van der Waals surface area contributed by atoms with Crippen molar-refractivity contribution in [3.8, 4) is 5.75 Å². The van der Waals surface area contributed by atoms with Gasteiger partial charge in [0.05, 0.1) is 13.2 Å². The Morgan fingerprint density at radius 2 is 1.93 bits per heavy atom. The van der Waals surface area contributed by atoms with E-state index in [1.807, 2.05) is 0 Å². The van der Waals surface area contributed by atoms with Gasteiger partial charge in [0.2, 0.25) is 0 Å². The zero-order valence-electron chi connectivity index (χ0n) is 15.8. The summed E-state index contributed by atoms with van der Waals surface area (Å²) in [6.07, 6.45) is -4.69. The van der Waals surface area contributed by atoms with Crippen molar-refractivity contribution in [3.05, 3.63) is 41.6 Å². The number of nitrogens with one attached hydrogen (secondary N) is 1. The highest BCUT2D eigenvalue weighted by molar-refractivity contribution is 7.99. The van der Waals surface area contributed by atoms with Crippen LogP contribution in [-0.4, -0.2) is 58.5 Å². The smallest absolute Gasteiger partial charge is 0.410 e. The van der Waals surface area contributed by atoms with Gasteiger partial charge in [-0.05, 0) is 17.7 Å². The number of carbonyl (C=O) groups is 1. The molecule has 156 valence electrons. The average molecular weight is 426 g/mol. The summed E-state index contributed by atoms with van der Waals surface area (Å²) in [6, 6.07) is 6.00. The summed E-state index contributed by atoms with van der Waals surface area (Å²) in [5.41, 5.74) is 0.762. The molecule has 2 aliphatic heterocycles. The van der Waals surface area contributed by atoms with E-state index in [4.69, 9.17) is 4.74 Å². The maximum Gasteiger partial charge on any atom is 0.410 e. The predicted molar refractivity (Wildman–Crippen MR) is 105 cm³/mol. The van der Waals surface area contributed by atoms with Crippen molar-refractivity contribution in [2.75, 3.05) is 37.0 Å². The van der Waals surface area contributed by atoms with Crippen LogP contribution in [0.2, 0.25) is 0 Å². The van der Waals surface area contributed by atoms with Crippen LogP contribution in [0.3, 0.4) is 0 Å². The van der Waals surface area contributed by atoms with E-state index in [0.717, 1.165) is 16.2 Å². The summed E-state index contributed by atoms with van der Waals surface area (Å²) in [5.74, 6) is 2.16. The Morgan fingerprint density at radius 3 is 2.55 bits per heavy atom. The number of anilines is 1. The van der Waals surface area contributed by atoms with Crippen LogP contribution in [0.5, 0.6) is 5.75 Å². The second kappa shape index (κ2) is 7.81. The predicted octanol–water partition coefficient (Wildman–Crippen LogP) is 3.74. The number of alkyl halides is 3. The molecule has 2 aliphatic rings. The quantitative estimate of drug-likeness (QED) is 0.810. The van der Waals surface area contributed by atoms with E-state index in [2.05, 4.69) is 10.4 Å². The molecule has 0 spiro atoms. The largest absolute Gasteiger partial charge is 0.497 e. The summed E-state index contributed by atoms with van der Waals surface area (Å²) >= 11 is 1.75. The molecule has 1 amide bonds. The van der Waals surface area contributed by atoms with E-state index in [-0.39, 0.29) is 23.8 Å². The number of hydrogen-bond acceptors (Lipinski definition) is 5. The van der Waals surface area contributed by atoms with E-state index in [1.54, 1.807) is 40.9 Å². The maximum absolute atomic E-state index is 13.8. The number of aromatic nitrogens is 2. The molecule has 0 radical (unpaired) electrons. The Labute approximate surface area is 170 Å². The van der Waals surface area contributed by atoms with E-state index in [9.17, 15) is 18.0 Å². The fraction of sp³-hybridized carbons (Fsp3) is 0.474. The molecule has 0 bridgehead atoms. The minimum Gasteiger partial charge on any atom is -0.497 e. The van der Waals surface area contributed by atoms with Crippen molar-refractivity contribution in [2.45, 2.75) is 24.7 Å². The van der Waals surface area contributed by atoms with Crippen LogP contribution in [0.4, 0.5) is 19.0 Å². The van der Waals surface area contributed by atoms with Crippen LogP contribution in [0.25, 0.3) is 0 Å². The van der Waals surface area contributed by atoms with Gasteiger partial charge in [-0.2, -0.15) is 30.0 Å². The summed E-state index contributed by atoms with van der Waals surface area (Å²) in [4.78, 5) is 14.4. The lowest BCUT2D eigenvalue weighted by Gasteiger charge is -2.33. The number of hydrogen-bond donors (Lipinski definition) is 1. The average Bonchev–Trinajstić information content (AvgIpc) is 3.16. The number of rotatable bonds is 3. The van der Waals surface area contributed by atoms with E-state index in [1.165, 1.54) is 13.2 Å². The molecule has 3 heterocycles. The van der Waals surface area contributed by atoms with Crippen LogP contribution >= 0.6 is 11.8 Å². The Kier molecular flexibility index (Phi) is 5.37. The van der Waals surface area contributed by atoms with Gasteiger partial charge in [0, 0.05) is 37.1 Å². The molecule has 0 aliphatic carbocycles. The van der Waals surface area contributed by atoms with Crippen LogP contribution in [0.15, 0.2) is 30.3 Å². The topological polar surface area (TPSA) is 59.4 Å². The maximum atomic E-state index is 13.8. The van der Waals surface area contributed by atoms with Gasteiger partial charge in [-0.25, -0.2) is 4.68 Å². The van der Waals surface area contributed by atoms with Gasteiger partial charge in [0.25, 0.3) is 5.91 Å². The molecule has 29 heavy (non-hydrogen) atoms. The Morgan fingerprint density at radius 1 is 1.24 bits per heavy atom. The second-order valence-electron chi connectivity index (χ2n) is 7.03. The Bertz CT molecular complexity index is 879. The zero-order chi connectivity index (χ0) is 20.6. The van der Waals surface area contributed by atoms with E-state index in [0.29, 0.717) is 24.4 Å². The second-order valence-corrected chi connectivity index (χ2v) is 8.25. The normalized spacial score (nSPS) is 22.0. The number of methoxy groups -OCH3 is 1. The molecule has 2 atom stereocenters. The molecule has 1 saturated heterocycles. The van der Waals surface area contributed by atoms with Gasteiger partial charge in [-0.1, -0.05) is 12.1 Å². The molecule has 1 fully saturated rings. The van der Waals surface area contributed by atoms with Crippen molar-refractivity contribution in [1.82, 2.24) is 14.7 Å². The van der Waals surface area contributed by atoms with Crippen molar-refractivity contribution in [1.29, 1.82) is 0 Å². The lowest BCUT2D eigenvalue weighted by Crippen LogP contribution is -2.38. The number of amides is 1. The van der Waals surface area contributed by atoms with Gasteiger partial charge in [-0.3, -0.25) is 4.79 Å². The highest BCUT2D eigenvalue weighted by Gasteiger charge is 2.47. The first kappa shape index (κ1) is 19.9. The van der Waals surface area contributed by atoms with E-state index < -0.39 is 18.3 Å². The van der Waals surface area contributed by atoms with Crippen molar-refractivity contribution in [3.63, 3.8) is 0 Å². The fourth-order valence-electron chi connectivity index (χ4n) is 3.66. The molecule has 6 nitrogen and oxygen atoms in total. The van der Waals surface area contributed by atoms with E-state index >= 15 is 0 Å². The monoisotopic (exact) mass is 426 g/mol. The minimum atomic E-state index is -4.48. The van der Waals surface area contributed by atoms with Crippen molar-refractivity contribution >= 4 is 23.5 Å². The van der Waals surface area contributed by atoms with Gasteiger partial charge in [-0.15, -0.1) is 0 Å². The van der Waals surface area contributed by atoms with Crippen LogP contribution in [0.1, 0.15) is 34.6 Å². The molecule has 1 N–H and O–H groups in total. The van der Waals surface area contributed by atoms with Gasteiger partial charge in [0.1, 0.15) is 11.6 Å². The number of halogens is 3. The zero-order valence-corrected chi connectivity index (χ0v) is 16.6. The standard InChI is InChI=1S/C19H21F3N4O2S/c1-28-13-4-2-12(3-5-13)14-10-16(19(20,21)22)26-17(23-14)11-15(24-26)18(27)25-6-8-29-9-7-25/h2-5,11,14,16,23H,6-10H2,1H3/t14-,16+/m0/s1. The van der Waals surface area contributed by atoms with Crippen LogP contribution in [0, 0.1) is 0 Å². The highest BCUT2D eigenvalue weighted by atomic mass is 32.2. The number of nitrogens with zero attached hydrogens (tertiary/aromatic N) is 3. The van der Waals surface area contributed by atoms with Gasteiger partial charge in [0.15, 0.2) is 11.7 Å². The van der Waals surface area contributed by atoms with Gasteiger partial charge < -0.3 is 15.0 Å². The number of carbonyl (C=O) groups excluding carboxylic acids is 1. The molecule has 4 rings (SSSR count). The van der Waals surface area contributed by atoms with Crippen LogP contribution < -0.4 is 10.1 Å². The summed E-state index contributed by atoms with van der Waals surface area (Å²) in [5, 5.41) is 7.16. The third-order valence-corrected chi connectivity index (χ3v) is 6.17. The SMILES string of the molecule is COc1ccc([C@@H]2C[C@H](C(F)(F)F)n3nc(C(=O)N4CCSCC4)cc3N2)cc1. The minimum absolute atomic E-state index is 0.0454. The summed E-state index contributed by atoms with van der Waals surface area (Å²) in [6.45, 7) is 1.16. The number of ether oxygens (including phenoxy) is 1. The molecule has 2 aromatic rings. The molecule has 1 aromatic carbocycles. The molecule has 1 aromatic heterocycles. The number of thioether (sulfide) groups is 1. The van der Waals surface area contributed by atoms with Crippen molar-refractivity contribution < 1.29 is 22.7 Å². The number of fused-ring (bicyclic) bond motifs is 1. The third kappa shape index (κ3) is 4.03. The molecular formula is C19H21F3N4O2S. The Hall–Kier alpha value is -2.36. The molecule has 0 unspecified atom stereocenters.